The quantitative estimate of drug-likeness (QED) is 0.865. The first-order valence-electron chi connectivity index (χ1n) is 6.34. The molecule has 0 radical (unpaired) electrons. The van der Waals surface area contributed by atoms with E-state index in [9.17, 15) is 0 Å². The second-order valence-electron chi connectivity index (χ2n) is 5.67. The van der Waals surface area contributed by atoms with Crippen LogP contribution in [-0.2, 0) is 6.54 Å². The van der Waals surface area contributed by atoms with E-state index in [1.165, 1.54) is 5.56 Å². The van der Waals surface area contributed by atoms with Gasteiger partial charge < -0.3 is 5.32 Å². The zero-order valence-electron chi connectivity index (χ0n) is 11.3. The maximum absolute atomic E-state index is 3.97. The fourth-order valence-corrected chi connectivity index (χ4v) is 2.16. The van der Waals surface area contributed by atoms with Gasteiger partial charge in [0, 0.05) is 24.5 Å². The van der Waals surface area contributed by atoms with Gasteiger partial charge in [0.05, 0.1) is 0 Å². The minimum absolute atomic E-state index is 0.168. The van der Waals surface area contributed by atoms with E-state index in [0.29, 0.717) is 6.04 Å². The number of nitrogens with zero attached hydrogens (tertiary/aromatic N) is 1. The average molecular weight is 243 g/mol. The van der Waals surface area contributed by atoms with E-state index in [2.05, 4.69) is 66.6 Å². The Hall–Kier alpha value is -1.61. The summed E-state index contributed by atoms with van der Waals surface area (Å²) in [5.74, 6) is 0. The van der Waals surface area contributed by atoms with Crippen LogP contribution in [0.15, 0.2) is 42.6 Å². The molecule has 1 unspecified atom stereocenters. The highest BCUT2D eigenvalue weighted by Gasteiger charge is 2.25. The second kappa shape index (κ2) is 5.36. The van der Waals surface area contributed by atoms with Crippen LogP contribution < -0.4 is 5.32 Å². The Balaban J connectivity index is 2.12. The lowest BCUT2D eigenvalue weighted by molar-refractivity contribution is 0.270. The van der Waals surface area contributed by atoms with Crippen molar-refractivity contribution in [3.8, 4) is 0 Å². The number of rotatable bonds is 4. The number of hydrogen-bond acceptors (Lipinski definition) is 2. The van der Waals surface area contributed by atoms with E-state index in [4.69, 9.17) is 0 Å². The molecule has 2 rings (SSSR count). The predicted octanol–water partition coefficient (Wildman–Crippen LogP) is 3.29. The Morgan fingerprint density at radius 3 is 2.44 bits per heavy atom. The maximum atomic E-state index is 3.97. The molecular formula is C15H21N3. The summed E-state index contributed by atoms with van der Waals surface area (Å²) in [7, 11) is 0. The van der Waals surface area contributed by atoms with E-state index in [-0.39, 0.29) is 5.41 Å². The van der Waals surface area contributed by atoms with Crippen LogP contribution in [0.4, 0.5) is 0 Å². The first kappa shape index (κ1) is 12.8. The SMILES string of the molecule is CC(C)(C)C(NCc1ccn[nH]1)c1ccccc1. The van der Waals surface area contributed by atoms with Crippen LogP contribution in [0, 0.1) is 5.41 Å². The average Bonchev–Trinajstić information content (AvgIpc) is 2.82. The van der Waals surface area contributed by atoms with E-state index in [1.54, 1.807) is 6.20 Å². The van der Waals surface area contributed by atoms with Crippen molar-refractivity contribution in [3.05, 3.63) is 53.9 Å². The van der Waals surface area contributed by atoms with Crippen LogP contribution in [0.25, 0.3) is 0 Å². The van der Waals surface area contributed by atoms with Crippen molar-refractivity contribution in [2.45, 2.75) is 33.4 Å². The molecule has 2 aromatic rings. The Morgan fingerprint density at radius 2 is 1.89 bits per heavy atom. The summed E-state index contributed by atoms with van der Waals surface area (Å²) in [4.78, 5) is 0. The summed E-state index contributed by atoms with van der Waals surface area (Å²) in [6, 6.07) is 12.9. The molecule has 1 heterocycles. The lowest BCUT2D eigenvalue weighted by atomic mass is 9.82. The normalized spacial score (nSPS) is 13.5. The van der Waals surface area contributed by atoms with Gasteiger partial charge in [-0.05, 0) is 17.0 Å². The molecule has 0 fully saturated rings. The number of aromatic nitrogens is 2. The molecule has 3 nitrogen and oxygen atoms in total. The maximum Gasteiger partial charge on any atom is 0.0490 e. The topological polar surface area (TPSA) is 40.7 Å². The van der Waals surface area contributed by atoms with Gasteiger partial charge in [0.2, 0.25) is 0 Å². The van der Waals surface area contributed by atoms with Crippen LogP contribution >= 0.6 is 0 Å². The van der Waals surface area contributed by atoms with Gasteiger partial charge >= 0.3 is 0 Å². The Morgan fingerprint density at radius 1 is 1.17 bits per heavy atom. The second-order valence-corrected chi connectivity index (χ2v) is 5.67. The van der Waals surface area contributed by atoms with Crippen molar-refractivity contribution in [2.24, 2.45) is 5.41 Å². The lowest BCUT2D eigenvalue weighted by Gasteiger charge is -2.32. The Labute approximate surface area is 109 Å². The lowest BCUT2D eigenvalue weighted by Crippen LogP contribution is -2.32. The first-order chi connectivity index (χ1) is 8.57. The van der Waals surface area contributed by atoms with Crippen molar-refractivity contribution < 1.29 is 0 Å². The molecule has 0 saturated carbocycles. The highest BCUT2D eigenvalue weighted by Crippen LogP contribution is 2.32. The zero-order valence-corrected chi connectivity index (χ0v) is 11.3. The van der Waals surface area contributed by atoms with Gasteiger partial charge in [-0.15, -0.1) is 0 Å². The number of hydrogen-bond donors (Lipinski definition) is 2. The van der Waals surface area contributed by atoms with Gasteiger partial charge in [0.1, 0.15) is 0 Å². The van der Waals surface area contributed by atoms with E-state index in [1.807, 2.05) is 6.07 Å². The monoisotopic (exact) mass is 243 g/mol. The smallest absolute Gasteiger partial charge is 0.0490 e. The van der Waals surface area contributed by atoms with Crippen molar-refractivity contribution in [3.63, 3.8) is 0 Å². The van der Waals surface area contributed by atoms with Crippen molar-refractivity contribution in [2.75, 3.05) is 0 Å². The molecule has 2 N–H and O–H groups in total. The highest BCUT2D eigenvalue weighted by atomic mass is 15.1. The first-order valence-corrected chi connectivity index (χ1v) is 6.34. The van der Waals surface area contributed by atoms with Gasteiger partial charge in [-0.25, -0.2) is 0 Å². The standard InChI is InChI=1S/C15H21N3/c1-15(2,3)14(12-7-5-4-6-8-12)16-11-13-9-10-17-18-13/h4-10,14,16H,11H2,1-3H3,(H,17,18). The summed E-state index contributed by atoms with van der Waals surface area (Å²) < 4.78 is 0. The molecule has 1 atom stereocenters. The molecule has 0 aliphatic carbocycles. The molecule has 1 aromatic heterocycles. The predicted molar refractivity (Wildman–Crippen MR) is 74.1 cm³/mol. The largest absolute Gasteiger partial charge is 0.304 e. The van der Waals surface area contributed by atoms with Gasteiger partial charge in [-0.1, -0.05) is 51.1 Å². The highest BCUT2D eigenvalue weighted by molar-refractivity contribution is 5.21. The third kappa shape index (κ3) is 3.20. The van der Waals surface area contributed by atoms with Crippen LogP contribution in [0.5, 0.6) is 0 Å². The summed E-state index contributed by atoms with van der Waals surface area (Å²) >= 11 is 0. The zero-order chi connectivity index (χ0) is 13.0. The summed E-state index contributed by atoms with van der Waals surface area (Å²) in [6.07, 6.45) is 1.78. The fourth-order valence-electron chi connectivity index (χ4n) is 2.16. The van der Waals surface area contributed by atoms with Crippen molar-refractivity contribution in [1.82, 2.24) is 15.5 Å². The summed E-state index contributed by atoms with van der Waals surface area (Å²) in [6.45, 7) is 7.57. The molecular weight excluding hydrogens is 222 g/mol. The van der Waals surface area contributed by atoms with Crippen LogP contribution in [-0.4, -0.2) is 10.2 Å². The molecule has 0 spiro atoms. The van der Waals surface area contributed by atoms with Crippen LogP contribution in [0.1, 0.15) is 38.1 Å². The van der Waals surface area contributed by atoms with Crippen LogP contribution in [0.3, 0.4) is 0 Å². The summed E-state index contributed by atoms with van der Waals surface area (Å²) in [5, 5.41) is 10.6. The molecule has 18 heavy (non-hydrogen) atoms. The van der Waals surface area contributed by atoms with Gasteiger partial charge in [0.15, 0.2) is 0 Å². The van der Waals surface area contributed by atoms with Crippen molar-refractivity contribution >= 4 is 0 Å². The molecule has 0 amide bonds. The number of nitrogens with one attached hydrogen (secondary N) is 2. The van der Waals surface area contributed by atoms with Crippen molar-refractivity contribution in [1.29, 1.82) is 0 Å². The van der Waals surface area contributed by atoms with Gasteiger partial charge in [0.25, 0.3) is 0 Å². The number of aromatic amines is 1. The third-order valence-corrected chi connectivity index (χ3v) is 3.05. The molecule has 1 aromatic carbocycles. The van der Waals surface area contributed by atoms with E-state index < -0.39 is 0 Å². The van der Waals surface area contributed by atoms with E-state index >= 15 is 0 Å². The molecule has 3 heteroatoms. The minimum Gasteiger partial charge on any atom is -0.304 e. The molecule has 0 aliphatic heterocycles. The number of H-pyrrole nitrogens is 1. The van der Waals surface area contributed by atoms with Gasteiger partial charge in [-0.2, -0.15) is 5.10 Å². The van der Waals surface area contributed by atoms with E-state index in [0.717, 1.165) is 12.2 Å². The fraction of sp³-hybridized carbons (Fsp3) is 0.400. The van der Waals surface area contributed by atoms with Crippen LogP contribution in [0.2, 0.25) is 0 Å². The summed E-state index contributed by atoms with van der Waals surface area (Å²) in [5.41, 5.74) is 2.60. The molecule has 0 aliphatic rings. The Bertz CT molecular complexity index is 454. The molecule has 0 bridgehead atoms. The minimum atomic E-state index is 0.168. The molecule has 0 saturated heterocycles. The molecule has 96 valence electrons. The third-order valence-electron chi connectivity index (χ3n) is 3.05. The Kier molecular flexibility index (Phi) is 3.82. The van der Waals surface area contributed by atoms with Gasteiger partial charge in [-0.3, -0.25) is 5.10 Å². The number of benzene rings is 1.